The number of carbonyl (C=O) groups is 2. The monoisotopic (exact) mass is 512 g/mol. The zero-order valence-corrected chi connectivity index (χ0v) is 23.8. The number of aliphatic hydroxyl groups is 2. The van der Waals surface area contributed by atoms with Gasteiger partial charge >= 0.3 is 12.2 Å². The van der Waals surface area contributed by atoms with Gasteiger partial charge in [-0.1, -0.05) is 0 Å². The Morgan fingerprint density at radius 2 is 0.861 bits per heavy atom. The SMILES string of the molecule is CC1(C)CC2(CC(C)(C)[NH2+]1)OC(=O)N(CCN1C(=O)OC3(CC(C)(C)[NH2+]C(C)(C)C3)[C@]1(C)O)[C@@]2(C)O. The van der Waals surface area contributed by atoms with Gasteiger partial charge in [0, 0.05) is 38.8 Å². The number of hydrogen-bond donors (Lipinski definition) is 4. The van der Waals surface area contributed by atoms with E-state index in [0.29, 0.717) is 25.7 Å². The molecule has 206 valence electrons. The first-order valence-corrected chi connectivity index (χ1v) is 13.2. The summed E-state index contributed by atoms with van der Waals surface area (Å²) in [5, 5.41) is 28.1. The topological polar surface area (TPSA) is 133 Å². The maximum absolute atomic E-state index is 13.1. The van der Waals surface area contributed by atoms with Gasteiger partial charge in [-0.2, -0.15) is 0 Å². The van der Waals surface area contributed by atoms with E-state index < -0.39 is 34.8 Å². The van der Waals surface area contributed by atoms with E-state index in [4.69, 9.17) is 9.47 Å². The number of nitrogens with zero attached hydrogens (tertiary/aromatic N) is 2. The molecule has 0 radical (unpaired) electrons. The van der Waals surface area contributed by atoms with E-state index in [-0.39, 0.29) is 35.2 Å². The molecule has 0 aromatic heterocycles. The van der Waals surface area contributed by atoms with Crippen molar-refractivity contribution in [2.75, 3.05) is 13.1 Å². The van der Waals surface area contributed by atoms with Crippen LogP contribution >= 0.6 is 0 Å². The molecule has 4 aliphatic heterocycles. The molecule has 2 amide bonds. The Balaban J connectivity index is 1.57. The van der Waals surface area contributed by atoms with Crippen LogP contribution < -0.4 is 10.6 Å². The molecule has 2 atom stereocenters. The fourth-order valence-electron chi connectivity index (χ4n) is 8.51. The second-order valence-corrected chi connectivity index (χ2v) is 15.0. The second-order valence-electron chi connectivity index (χ2n) is 15.0. The molecule has 4 heterocycles. The zero-order valence-electron chi connectivity index (χ0n) is 23.8. The van der Waals surface area contributed by atoms with Crippen molar-refractivity contribution in [3.63, 3.8) is 0 Å². The summed E-state index contributed by atoms with van der Waals surface area (Å²) >= 11 is 0. The summed E-state index contributed by atoms with van der Waals surface area (Å²) < 4.78 is 11.9. The molecule has 2 spiro atoms. The van der Waals surface area contributed by atoms with Crippen molar-refractivity contribution in [1.82, 2.24) is 9.80 Å². The Bertz CT molecular complexity index is 846. The van der Waals surface area contributed by atoms with Gasteiger partial charge in [0.05, 0.1) is 22.2 Å². The molecule has 4 fully saturated rings. The maximum atomic E-state index is 13.1. The van der Waals surface area contributed by atoms with E-state index in [1.54, 1.807) is 13.8 Å². The first-order chi connectivity index (χ1) is 16.0. The molecule has 36 heavy (non-hydrogen) atoms. The summed E-state index contributed by atoms with van der Waals surface area (Å²) in [6.45, 7) is 20.0. The predicted octanol–water partition coefficient (Wildman–Crippen LogP) is 0.614. The van der Waals surface area contributed by atoms with Crippen molar-refractivity contribution in [3.8, 4) is 0 Å². The van der Waals surface area contributed by atoms with Crippen LogP contribution in [0.4, 0.5) is 9.59 Å². The third-order valence-corrected chi connectivity index (χ3v) is 8.86. The van der Waals surface area contributed by atoms with Gasteiger partial charge in [0.1, 0.15) is 0 Å². The average Bonchev–Trinajstić information content (AvgIpc) is 2.84. The summed E-state index contributed by atoms with van der Waals surface area (Å²) in [4.78, 5) is 28.9. The maximum Gasteiger partial charge on any atom is 0.412 e. The lowest BCUT2D eigenvalue weighted by Gasteiger charge is -2.52. The first kappa shape index (κ1) is 27.4. The van der Waals surface area contributed by atoms with Crippen LogP contribution in [-0.2, 0) is 9.47 Å². The zero-order chi connectivity index (χ0) is 27.4. The molecule has 0 saturated carbocycles. The van der Waals surface area contributed by atoms with Gasteiger partial charge in [0.25, 0.3) is 0 Å². The second kappa shape index (κ2) is 7.48. The average molecular weight is 513 g/mol. The standard InChI is InChI=1S/C26H46N4O6/c1-19(2)13-25(14-20(3,4)27-19)23(9,33)29(17(31)35-25)11-12-30-18(32)36-26(24(30,10)34)15-21(5,6)28-22(7,8)16-26/h27-28,33-34H,11-16H2,1-10H3/p+2/t23-,24-/m0/s1. The van der Waals surface area contributed by atoms with Crippen molar-refractivity contribution in [3.05, 3.63) is 0 Å². The lowest BCUT2D eigenvalue weighted by atomic mass is 9.68. The number of rotatable bonds is 3. The molecule has 10 heteroatoms. The number of piperidine rings is 2. The molecule has 0 aliphatic carbocycles. The molecular formula is C26H48N4O6+2. The Hall–Kier alpha value is -1.62. The van der Waals surface area contributed by atoms with Crippen LogP contribution in [0.1, 0.15) is 94.9 Å². The minimum atomic E-state index is -1.58. The van der Waals surface area contributed by atoms with Crippen LogP contribution in [0.25, 0.3) is 0 Å². The summed E-state index contributed by atoms with van der Waals surface area (Å²) in [5.41, 5.74) is -6.28. The predicted molar refractivity (Wildman–Crippen MR) is 132 cm³/mol. The Morgan fingerprint density at radius 1 is 0.611 bits per heavy atom. The molecule has 0 aromatic rings. The van der Waals surface area contributed by atoms with E-state index in [2.05, 4.69) is 66.0 Å². The Labute approximate surface area is 215 Å². The van der Waals surface area contributed by atoms with Crippen LogP contribution in [0, 0.1) is 0 Å². The van der Waals surface area contributed by atoms with E-state index in [9.17, 15) is 19.8 Å². The highest BCUT2D eigenvalue weighted by Gasteiger charge is 2.70. The minimum Gasteiger partial charge on any atom is -0.437 e. The van der Waals surface area contributed by atoms with Gasteiger partial charge < -0.3 is 30.3 Å². The number of ether oxygens (including phenoxy) is 2. The number of nitrogens with two attached hydrogens (primary N) is 2. The van der Waals surface area contributed by atoms with Gasteiger partial charge in [-0.3, -0.25) is 9.80 Å². The Morgan fingerprint density at radius 3 is 1.11 bits per heavy atom. The van der Waals surface area contributed by atoms with E-state index in [0.717, 1.165) is 0 Å². The molecule has 0 aromatic carbocycles. The number of quaternary nitrogens is 2. The van der Waals surface area contributed by atoms with Gasteiger partial charge in [-0.15, -0.1) is 0 Å². The van der Waals surface area contributed by atoms with E-state index in [1.165, 1.54) is 9.80 Å². The summed E-state index contributed by atoms with van der Waals surface area (Å²) in [5.74, 6) is 0. The van der Waals surface area contributed by atoms with Crippen molar-refractivity contribution >= 4 is 12.2 Å². The van der Waals surface area contributed by atoms with Gasteiger partial charge in [-0.05, 0) is 69.2 Å². The van der Waals surface area contributed by atoms with Gasteiger partial charge in [-0.25, -0.2) is 9.59 Å². The summed E-state index contributed by atoms with van der Waals surface area (Å²) in [7, 11) is 0. The molecule has 4 rings (SSSR count). The first-order valence-electron chi connectivity index (χ1n) is 13.2. The van der Waals surface area contributed by atoms with Gasteiger partial charge in [0.15, 0.2) is 22.7 Å². The van der Waals surface area contributed by atoms with Crippen molar-refractivity contribution < 1.29 is 39.9 Å². The summed E-state index contributed by atoms with van der Waals surface area (Å²) in [6, 6.07) is 0. The minimum absolute atomic E-state index is 0.0123. The molecule has 0 unspecified atom stereocenters. The van der Waals surface area contributed by atoms with Crippen molar-refractivity contribution in [2.45, 2.75) is 140 Å². The van der Waals surface area contributed by atoms with Crippen molar-refractivity contribution in [1.29, 1.82) is 0 Å². The largest absolute Gasteiger partial charge is 0.437 e. The van der Waals surface area contributed by atoms with E-state index in [1.807, 2.05) is 0 Å². The van der Waals surface area contributed by atoms with Crippen LogP contribution in [0.3, 0.4) is 0 Å². The smallest absolute Gasteiger partial charge is 0.412 e. The van der Waals surface area contributed by atoms with E-state index >= 15 is 0 Å². The number of hydrogen-bond acceptors (Lipinski definition) is 6. The molecular weight excluding hydrogens is 464 g/mol. The van der Waals surface area contributed by atoms with Crippen LogP contribution in [0.15, 0.2) is 0 Å². The highest BCUT2D eigenvalue weighted by atomic mass is 16.6. The number of carbonyl (C=O) groups excluding carboxylic acids is 2. The third-order valence-electron chi connectivity index (χ3n) is 8.86. The molecule has 4 aliphatic rings. The molecule has 10 nitrogen and oxygen atoms in total. The summed E-state index contributed by atoms with van der Waals surface area (Å²) in [6.07, 6.45) is 0.755. The van der Waals surface area contributed by atoms with Crippen LogP contribution in [-0.4, -0.2) is 90.1 Å². The lowest BCUT2D eigenvalue weighted by molar-refractivity contribution is -0.794. The molecule has 6 N–H and O–H groups in total. The fraction of sp³-hybridized carbons (Fsp3) is 0.923. The van der Waals surface area contributed by atoms with Crippen molar-refractivity contribution in [2.24, 2.45) is 0 Å². The lowest BCUT2D eigenvalue weighted by Crippen LogP contribution is -3.07. The molecule has 0 bridgehead atoms. The quantitative estimate of drug-likeness (QED) is 0.438. The highest BCUT2D eigenvalue weighted by molar-refractivity contribution is 5.74. The number of amides is 2. The van der Waals surface area contributed by atoms with Crippen LogP contribution in [0.5, 0.6) is 0 Å². The molecule has 4 saturated heterocycles. The highest BCUT2D eigenvalue weighted by Crippen LogP contribution is 2.50. The fourth-order valence-corrected chi connectivity index (χ4v) is 8.51. The Kier molecular flexibility index (Phi) is 5.70. The third kappa shape index (κ3) is 4.18. The van der Waals surface area contributed by atoms with Crippen LogP contribution in [0.2, 0.25) is 0 Å². The van der Waals surface area contributed by atoms with Gasteiger partial charge in [0.2, 0.25) is 0 Å². The normalized spacial score (nSPS) is 37.3.